The Morgan fingerprint density at radius 3 is 2.59 bits per heavy atom. The van der Waals surface area contributed by atoms with Gasteiger partial charge >= 0.3 is 0 Å². The molecular weight excluding hydrogens is 281 g/mol. The van der Waals surface area contributed by atoms with Crippen LogP contribution >= 0.6 is 23.2 Å². The molecule has 1 fully saturated rings. The van der Waals surface area contributed by atoms with Crippen LogP contribution in [0.1, 0.15) is 12.0 Å². The van der Waals surface area contributed by atoms with E-state index in [4.69, 9.17) is 28.9 Å². The molecule has 1 unspecified atom stereocenters. The molecule has 0 aromatic heterocycles. The molecular formula is C11H13Cl2NO2S. The summed E-state index contributed by atoms with van der Waals surface area (Å²) in [7, 11) is -2.99. The molecule has 1 heterocycles. The molecule has 3 nitrogen and oxygen atoms in total. The van der Waals surface area contributed by atoms with E-state index >= 15 is 0 Å². The molecule has 17 heavy (non-hydrogen) atoms. The minimum absolute atomic E-state index is 0.0267. The van der Waals surface area contributed by atoms with E-state index in [1.54, 1.807) is 18.2 Å². The second-order valence-electron chi connectivity index (χ2n) is 4.62. The highest BCUT2D eigenvalue weighted by Gasteiger charge is 2.39. The lowest BCUT2D eigenvalue weighted by atomic mass is 9.91. The van der Waals surface area contributed by atoms with Crippen molar-refractivity contribution in [2.75, 3.05) is 11.5 Å². The number of halogens is 2. The summed E-state index contributed by atoms with van der Waals surface area (Å²) in [5, 5.41) is 1.09. The number of benzene rings is 1. The zero-order valence-electron chi connectivity index (χ0n) is 9.12. The highest BCUT2D eigenvalue weighted by Crippen LogP contribution is 2.29. The quantitative estimate of drug-likeness (QED) is 0.908. The molecule has 1 atom stereocenters. The summed E-state index contributed by atoms with van der Waals surface area (Å²) in [6.45, 7) is 0. The monoisotopic (exact) mass is 293 g/mol. The fourth-order valence-corrected chi connectivity index (χ4v) is 4.58. The van der Waals surface area contributed by atoms with Crippen molar-refractivity contribution in [2.24, 2.45) is 5.73 Å². The van der Waals surface area contributed by atoms with E-state index in [1.807, 2.05) is 0 Å². The lowest BCUT2D eigenvalue weighted by molar-refractivity contribution is 0.476. The summed E-state index contributed by atoms with van der Waals surface area (Å²) in [6, 6.07) is 5.17. The first-order chi connectivity index (χ1) is 7.80. The van der Waals surface area contributed by atoms with Crippen LogP contribution in [0.25, 0.3) is 0 Å². The van der Waals surface area contributed by atoms with E-state index in [9.17, 15) is 8.42 Å². The second-order valence-corrected chi connectivity index (χ2v) is 7.64. The average molecular weight is 294 g/mol. The van der Waals surface area contributed by atoms with E-state index in [0.717, 1.165) is 5.56 Å². The molecule has 0 aliphatic carbocycles. The third-order valence-corrected chi connectivity index (χ3v) is 5.40. The van der Waals surface area contributed by atoms with Crippen molar-refractivity contribution in [3.63, 3.8) is 0 Å². The summed E-state index contributed by atoms with van der Waals surface area (Å²) in [4.78, 5) is 0. The third-order valence-electron chi connectivity index (χ3n) is 2.98. The smallest absolute Gasteiger partial charge is 0.152 e. The standard InChI is InChI=1S/C11H13Cl2NO2S/c12-9-2-1-8(10(13)5-9)6-11(14)3-4-17(15,16)7-11/h1-2,5H,3-4,6-7,14H2. The van der Waals surface area contributed by atoms with E-state index < -0.39 is 15.4 Å². The first-order valence-corrected chi connectivity index (χ1v) is 7.81. The molecule has 1 aliphatic heterocycles. The molecule has 1 aliphatic rings. The number of hydrogen-bond donors (Lipinski definition) is 1. The molecule has 2 N–H and O–H groups in total. The number of rotatable bonds is 2. The second kappa shape index (κ2) is 4.43. The fourth-order valence-electron chi connectivity index (χ4n) is 2.12. The molecule has 94 valence electrons. The van der Waals surface area contributed by atoms with Crippen LogP contribution in [-0.4, -0.2) is 25.5 Å². The van der Waals surface area contributed by atoms with Gasteiger partial charge in [-0.05, 0) is 30.5 Å². The SMILES string of the molecule is NC1(Cc2ccc(Cl)cc2Cl)CCS(=O)(=O)C1. The minimum Gasteiger partial charge on any atom is -0.324 e. The van der Waals surface area contributed by atoms with E-state index in [2.05, 4.69) is 0 Å². The van der Waals surface area contributed by atoms with Gasteiger partial charge in [-0.25, -0.2) is 8.42 Å². The highest BCUT2D eigenvalue weighted by atomic mass is 35.5. The van der Waals surface area contributed by atoms with Gasteiger partial charge in [-0.2, -0.15) is 0 Å². The topological polar surface area (TPSA) is 60.2 Å². The van der Waals surface area contributed by atoms with Gasteiger partial charge in [0.05, 0.1) is 11.5 Å². The van der Waals surface area contributed by atoms with Crippen LogP contribution in [0.2, 0.25) is 10.0 Å². The van der Waals surface area contributed by atoms with Crippen molar-refractivity contribution >= 4 is 33.0 Å². The van der Waals surface area contributed by atoms with Gasteiger partial charge in [0.15, 0.2) is 9.84 Å². The van der Waals surface area contributed by atoms with Crippen molar-refractivity contribution in [3.05, 3.63) is 33.8 Å². The molecule has 1 aromatic carbocycles. The number of sulfone groups is 1. The molecule has 6 heteroatoms. The van der Waals surface area contributed by atoms with Crippen LogP contribution in [0.15, 0.2) is 18.2 Å². The predicted molar refractivity (Wildman–Crippen MR) is 70.4 cm³/mol. The summed E-state index contributed by atoms with van der Waals surface area (Å²) in [5.41, 5.74) is 6.25. The van der Waals surface area contributed by atoms with Crippen LogP contribution in [0, 0.1) is 0 Å². The maximum atomic E-state index is 11.4. The van der Waals surface area contributed by atoms with Gasteiger partial charge in [-0.15, -0.1) is 0 Å². The van der Waals surface area contributed by atoms with Crippen molar-refractivity contribution in [3.8, 4) is 0 Å². The van der Waals surface area contributed by atoms with E-state index in [1.165, 1.54) is 0 Å². The maximum Gasteiger partial charge on any atom is 0.152 e. The summed E-state index contributed by atoms with van der Waals surface area (Å²) < 4.78 is 22.9. The minimum atomic E-state index is -2.99. The summed E-state index contributed by atoms with van der Waals surface area (Å²) in [5.74, 6) is 0.188. The average Bonchev–Trinajstić information content (AvgIpc) is 2.46. The highest BCUT2D eigenvalue weighted by molar-refractivity contribution is 7.91. The van der Waals surface area contributed by atoms with Gasteiger partial charge < -0.3 is 5.73 Å². The Hall–Kier alpha value is -0.290. The van der Waals surface area contributed by atoms with Crippen molar-refractivity contribution in [1.29, 1.82) is 0 Å². The summed E-state index contributed by atoms with van der Waals surface area (Å²) in [6.07, 6.45) is 0.941. The van der Waals surface area contributed by atoms with Crippen molar-refractivity contribution < 1.29 is 8.42 Å². The van der Waals surface area contributed by atoms with Crippen molar-refractivity contribution in [2.45, 2.75) is 18.4 Å². The van der Waals surface area contributed by atoms with E-state index in [0.29, 0.717) is 22.9 Å². The predicted octanol–water partition coefficient (Wildman–Crippen LogP) is 2.05. The maximum absolute atomic E-state index is 11.4. The summed E-state index contributed by atoms with van der Waals surface area (Å²) >= 11 is 11.9. The molecule has 1 aromatic rings. The molecule has 0 radical (unpaired) electrons. The molecule has 2 rings (SSSR count). The third kappa shape index (κ3) is 3.13. The zero-order valence-corrected chi connectivity index (χ0v) is 11.4. The largest absolute Gasteiger partial charge is 0.324 e. The first-order valence-electron chi connectivity index (χ1n) is 5.23. The Morgan fingerprint density at radius 2 is 2.06 bits per heavy atom. The van der Waals surface area contributed by atoms with Gasteiger partial charge in [0.2, 0.25) is 0 Å². The van der Waals surface area contributed by atoms with Crippen LogP contribution in [0.3, 0.4) is 0 Å². The van der Waals surface area contributed by atoms with Crippen LogP contribution < -0.4 is 5.73 Å². The number of nitrogens with two attached hydrogens (primary N) is 1. The van der Waals surface area contributed by atoms with Gasteiger partial charge in [-0.1, -0.05) is 29.3 Å². The molecule has 0 amide bonds. The lowest BCUT2D eigenvalue weighted by Gasteiger charge is -2.22. The normalized spacial score (nSPS) is 27.2. The van der Waals surface area contributed by atoms with Gasteiger partial charge in [-0.3, -0.25) is 0 Å². The molecule has 0 saturated carbocycles. The van der Waals surface area contributed by atoms with Gasteiger partial charge in [0.25, 0.3) is 0 Å². The molecule has 0 bridgehead atoms. The van der Waals surface area contributed by atoms with Crippen LogP contribution in [0.4, 0.5) is 0 Å². The molecule has 0 spiro atoms. The first kappa shape index (κ1) is 13.1. The number of hydrogen-bond acceptors (Lipinski definition) is 3. The molecule has 1 saturated heterocycles. The van der Waals surface area contributed by atoms with Gasteiger partial charge in [0.1, 0.15) is 0 Å². The fraction of sp³-hybridized carbons (Fsp3) is 0.455. The Balaban J connectivity index is 2.22. The zero-order chi connectivity index (χ0) is 12.7. The Labute approximate surface area is 111 Å². The Kier molecular flexibility index (Phi) is 3.42. The Morgan fingerprint density at radius 1 is 1.35 bits per heavy atom. The van der Waals surface area contributed by atoms with Crippen LogP contribution in [-0.2, 0) is 16.3 Å². The van der Waals surface area contributed by atoms with Crippen LogP contribution in [0.5, 0.6) is 0 Å². The lowest BCUT2D eigenvalue weighted by Crippen LogP contribution is -2.43. The van der Waals surface area contributed by atoms with Crippen molar-refractivity contribution in [1.82, 2.24) is 0 Å². The van der Waals surface area contributed by atoms with E-state index in [-0.39, 0.29) is 11.5 Å². The van der Waals surface area contributed by atoms with Gasteiger partial charge in [0, 0.05) is 15.6 Å². The Bertz CT molecular complexity index is 544.